The molecule has 0 saturated carbocycles. The number of hydrazone groups is 1. The number of amides is 1. The van der Waals surface area contributed by atoms with Crippen molar-refractivity contribution in [2.24, 2.45) is 5.10 Å². The standard InChI is InChI=1S/C21H24N2O2/c1-21(2,3)16-9-11-17(12-10-16)25-14-20(24)23-22-19-13-8-15-6-4-5-7-18(15)19/h4-7,9-12H,8,13-14H2,1-3H3,(H,23,24)/b22-19-. The zero-order chi connectivity index (χ0) is 17.9. The minimum absolute atomic E-state index is 0.0483. The van der Waals surface area contributed by atoms with E-state index in [2.05, 4.69) is 37.4 Å². The second kappa shape index (κ2) is 7.09. The van der Waals surface area contributed by atoms with Crippen molar-refractivity contribution in [1.82, 2.24) is 5.43 Å². The fraction of sp³-hybridized carbons (Fsp3) is 0.333. The molecule has 0 saturated heterocycles. The van der Waals surface area contributed by atoms with Crippen molar-refractivity contribution in [2.75, 3.05) is 6.61 Å². The maximum absolute atomic E-state index is 12.0. The fourth-order valence-electron chi connectivity index (χ4n) is 2.89. The lowest BCUT2D eigenvalue weighted by Gasteiger charge is -2.19. The molecule has 1 amide bonds. The summed E-state index contributed by atoms with van der Waals surface area (Å²) in [5, 5.41) is 4.26. The Morgan fingerprint density at radius 2 is 1.80 bits per heavy atom. The Morgan fingerprint density at radius 1 is 1.08 bits per heavy atom. The van der Waals surface area contributed by atoms with Gasteiger partial charge in [-0.05, 0) is 41.5 Å². The number of nitrogens with zero attached hydrogens (tertiary/aromatic N) is 1. The number of fused-ring (bicyclic) bond motifs is 1. The second-order valence-corrected chi connectivity index (χ2v) is 7.31. The summed E-state index contributed by atoms with van der Waals surface area (Å²) in [6, 6.07) is 16.0. The summed E-state index contributed by atoms with van der Waals surface area (Å²) in [5.41, 5.74) is 7.27. The van der Waals surface area contributed by atoms with Gasteiger partial charge in [-0.15, -0.1) is 0 Å². The second-order valence-electron chi connectivity index (χ2n) is 7.31. The van der Waals surface area contributed by atoms with Crippen LogP contribution < -0.4 is 10.2 Å². The van der Waals surface area contributed by atoms with Crippen molar-refractivity contribution in [2.45, 2.75) is 39.0 Å². The van der Waals surface area contributed by atoms with Gasteiger partial charge >= 0.3 is 0 Å². The highest BCUT2D eigenvalue weighted by atomic mass is 16.5. The number of aryl methyl sites for hydroxylation is 1. The zero-order valence-electron chi connectivity index (χ0n) is 15.0. The van der Waals surface area contributed by atoms with Gasteiger partial charge in [0.25, 0.3) is 5.91 Å². The third-order valence-corrected chi connectivity index (χ3v) is 4.37. The number of ether oxygens (including phenoxy) is 1. The summed E-state index contributed by atoms with van der Waals surface area (Å²) in [5.74, 6) is 0.429. The summed E-state index contributed by atoms with van der Waals surface area (Å²) >= 11 is 0. The lowest BCUT2D eigenvalue weighted by atomic mass is 9.87. The van der Waals surface area contributed by atoms with Crippen LogP contribution in [0.15, 0.2) is 53.6 Å². The van der Waals surface area contributed by atoms with E-state index in [1.54, 1.807) is 0 Å². The molecule has 0 bridgehead atoms. The first-order valence-electron chi connectivity index (χ1n) is 8.60. The maximum atomic E-state index is 12.0. The first-order valence-corrected chi connectivity index (χ1v) is 8.60. The van der Waals surface area contributed by atoms with Crippen molar-refractivity contribution in [3.63, 3.8) is 0 Å². The van der Waals surface area contributed by atoms with Gasteiger partial charge in [0, 0.05) is 5.56 Å². The van der Waals surface area contributed by atoms with Gasteiger partial charge < -0.3 is 4.74 Å². The van der Waals surface area contributed by atoms with Crippen LogP contribution in [0.25, 0.3) is 0 Å². The van der Waals surface area contributed by atoms with Crippen molar-refractivity contribution in [3.8, 4) is 5.75 Å². The molecule has 1 aliphatic rings. The van der Waals surface area contributed by atoms with Gasteiger partial charge in [-0.3, -0.25) is 4.79 Å². The molecule has 0 fully saturated rings. The van der Waals surface area contributed by atoms with Crippen LogP contribution in [0.1, 0.15) is 43.9 Å². The summed E-state index contributed by atoms with van der Waals surface area (Å²) in [6.07, 6.45) is 1.83. The molecule has 25 heavy (non-hydrogen) atoms. The molecule has 4 heteroatoms. The first kappa shape index (κ1) is 17.2. The summed E-state index contributed by atoms with van der Waals surface area (Å²) in [4.78, 5) is 12.0. The maximum Gasteiger partial charge on any atom is 0.277 e. The molecule has 3 rings (SSSR count). The minimum Gasteiger partial charge on any atom is -0.484 e. The Labute approximate surface area is 148 Å². The molecule has 1 N–H and O–H groups in total. The molecular weight excluding hydrogens is 312 g/mol. The highest BCUT2D eigenvalue weighted by Gasteiger charge is 2.17. The third kappa shape index (κ3) is 4.27. The van der Waals surface area contributed by atoms with E-state index in [9.17, 15) is 4.79 Å². The Balaban J connectivity index is 1.53. The zero-order valence-corrected chi connectivity index (χ0v) is 15.0. The molecule has 0 heterocycles. The molecule has 4 nitrogen and oxygen atoms in total. The van der Waals surface area contributed by atoms with Gasteiger partial charge in [0.2, 0.25) is 0 Å². The van der Waals surface area contributed by atoms with E-state index < -0.39 is 0 Å². The highest BCUT2D eigenvalue weighted by Crippen LogP contribution is 2.24. The molecule has 2 aromatic carbocycles. The number of nitrogens with one attached hydrogen (secondary N) is 1. The number of rotatable bonds is 4. The molecule has 0 unspecified atom stereocenters. The highest BCUT2D eigenvalue weighted by molar-refractivity contribution is 6.04. The SMILES string of the molecule is CC(C)(C)c1ccc(OCC(=O)N/N=C2/CCc3ccccc32)cc1. The molecule has 0 aliphatic heterocycles. The van der Waals surface area contributed by atoms with E-state index in [-0.39, 0.29) is 17.9 Å². The monoisotopic (exact) mass is 336 g/mol. The molecule has 2 aromatic rings. The van der Waals surface area contributed by atoms with Crippen LogP contribution in [0.3, 0.4) is 0 Å². The Kier molecular flexibility index (Phi) is 4.88. The van der Waals surface area contributed by atoms with E-state index in [0.717, 1.165) is 24.1 Å². The molecule has 130 valence electrons. The van der Waals surface area contributed by atoms with Gasteiger partial charge in [-0.2, -0.15) is 5.10 Å². The predicted molar refractivity (Wildman–Crippen MR) is 100 cm³/mol. The van der Waals surface area contributed by atoms with Crippen LogP contribution in [-0.4, -0.2) is 18.2 Å². The van der Waals surface area contributed by atoms with E-state index in [0.29, 0.717) is 5.75 Å². The topological polar surface area (TPSA) is 50.7 Å². The molecule has 0 spiro atoms. The van der Waals surface area contributed by atoms with Crippen LogP contribution in [0.4, 0.5) is 0 Å². The predicted octanol–water partition coefficient (Wildman–Crippen LogP) is 3.83. The van der Waals surface area contributed by atoms with Crippen molar-refractivity contribution < 1.29 is 9.53 Å². The minimum atomic E-state index is -0.253. The quantitative estimate of drug-likeness (QED) is 0.863. The van der Waals surface area contributed by atoms with Gasteiger partial charge in [0.05, 0.1) is 5.71 Å². The Bertz CT molecular complexity index is 786. The summed E-state index contributed by atoms with van der Waals surface area (Å²) in [7, 11) is 0. The third-order valence-electron chi connectivity index (χ3n) is 4.37. The average molecular weight is 336 g/mol. The number of hydrogen-bond acceptors (Lipinski definition) is 3. The van der Waals surface area contributed by atoms with Crippen molar-refractivity contribution in [3.05, 3.63) is 65.2 Å². The van der Waals surface area contributed by atoms with Crippen LogP contribution in [-0.2, 0) is 16.6 Å². The molecular formula is C21H24N2O2. The van der Waals surface area contributed by atoms with Crippen LogP contribution >= 0.6 is 0 Å². The number of benzene rings is 2. The van der Waals surface area contributed by atoms with Gasteiger partial charge in [0.1, 0.15) is 5.75 Å². The lowest BCUT2D eigenvalue weighted by Crippen LogP contribution is -2.25. The Hall–Kier alpha value is -2.62. The van der Waals surface area contributed by atoms with Gasteiger partial charge in [-0.1, -0.05) is 57.2 Å². The smallest absolute Gasteiger partial charge is 0.277 e. The largest absolute Gasteiger partial charge is 0.484 e. The van der Waals surface area contributed by atoms with Gasteiger partial charge in [0.15, 0.2) is 6.61 Å². The van der Waals surface area contributed by atoms with E-state index in [1.165, 1.54) is 11.1 Å². The molecule has 1 aliphatic carbocycles. The number of carbonyl (C=O) groups excluding carboxylic acids is 1. The number of hydrogen-bond donors (Lipinski definition) is 1. The van der Waals surface area contributed by atoms with E-state index in [1.807, 2.05) is 42.5 Å². The summed E-state index contributed by atoms with van der Waals surface area (Å²) in [6.45, 7) is 6.44. The average Bonchev–Trinajstić information content (AvgIpc) is 3.01. The van der Waals surface area contributed by atoms with Crippen LogP contribution in [0.5, 0.6) is 5.75 Å². The fourth-order valence-corrected chi connectivity index (χ4v) is 2.89. The normalized spacial score (nSPS) is 15.1. The summed E-state index contributed by atoms with van der Waals surface area (Å²) < 4.78 is 5.54. The Morgan fingerprint density at radius 3 is 2.52 bits per heavy atom. The van der Waals surface area contributed by atoms with Crippen molar-refractivity contribution in [1.29, 1.82) is 0 Å². The van der Waals surface area contributed by atoms with Crippen LogP contribution in [0, 0.1) is 0 Å². The molecule has 0 radical (unpaired) electrons. The van der Waals surface area contributed by atoms with Crippen LogP contribution in [0.2, 0.25) is 0 Å². The molecule has 0 aromatic heterocycles. The van der Waals surface area contributed by atoms with Crippen molar-refractivity contribution >= 4 is 11.6 Å². The first-order chi connectivity index (χ1) is 11.9. The lowest BCUT2D eigenvalue weighted by molar-refractivity contribution is -0.123. The van der Waals surface area contributed by atoms with E-state index >= 15 is 0 Å². The van der Waals surface area contributed by atoms with Gasteiger partial charge in [-0.25, -0.2) is 5.43 Å². The molecule has 0 atom stereocenters. The number of carbonyl (C=O) groups is 1. The van der Waals surface area contributed by atoms with E-state index in [4.69, 9.17) is 4.74 Å².